The first-order valence-corrected chi connectivity index (χ1v) is 3.35. The van der Waals surface area contributed by atoms with Crippen molar-refractivity contribution in [2.75, 3.05) is 13.2 Å². The molecule has 3 N–H and O–H groups in total. The summed E-state index contributed by atoms with van der Waals surface area (Å²) in [5, 5.41) is 20.8. The summed E-state index contributed by atoms with van der Waals surface area (Å²) < 4.78 is 0. The molecular weight excluding hydrogens is 118 g/mol. The number of aliphatic hydroxyl groups excluding tert-OH is 2. The lowest BCUT2D eigenvalue weighted by molar-refractivity contribution is 0.0956. The first-order chi connectivity index (χ1) is 4.33. The Morgan fingerprint density at radius 2 is 2.33 bits per heavy atom. The summed E-state index contributed by atoms with van der Waals surface area (Å²) in [4.78, 5) is 0. The summed E-state index contributed by atoms with van der Waals surface area (Å²) >= 11 is 0. The highest BCUT2D eigenvalue weighted by atomic mass is 16.3. The van der Waals surface area contributed by atoms with Gasteiger partial charge in [-0.05, 0) is 19.4 Å². The van der Waals surface area contributed by atoms with Crippen LogP contribution in [0.1, 0.15) is 12.8 Å². The molecule has 0 aliphatic carbocycles. The topological polar surface area (TPSA) is 52.5 Å². The Bertz CT molecular complexity index is 87.1. The van der Waals surface area contributed by atoms with Crippen LogP contribution >= 0.6 is 0 Å². The van der Waals surface area contributed by atoms with E-state index in [9.17, 15) is 0 Å². The first-order valence-electron chi connectivity index (χ1n) is 3.35. The highest BCUT2D eigenvalue weighted by Gasteiger charge is 2.17. The normalized spacial score (nSPS) is 36.7. The van der Waals surface area contributed by atoms with Crippen LogP contribution in [0.25, 0.3) is 0 Å². The molecule has 3 heteroatoms. The molecule has 1 rings (SSSR count). The van der Waals surface area contributed by atoms with E-state index < -0.39 is 0 Å². The Hall–Kier alpha value is -0.120. The van der Waals surface area contributed by atoms with Crippen molar-refractivity contribution in [2.45, 2.75) is 25.0 Å². The van der Waals surface area contributed by atoms with Gasteiger partial charge in [-0.1, -0.05) is 0 Å². The molecule has 1 fully saturated rings. The maximum atomic E-state index is 9.06. The second-order valence-electron chi connectivity index (χ2n) is 2.51. The molecule has 1 aliphatic rings. The molecule has 0 unspecified atom stereocenters. The summed E-state index contributed by atoms with van der Waals surface area (Å²) in [6, 6.07) is 0.119. The number of piperidine rings is 1. The van der Waals surface area contributed by atoms with Crippen LogP contribution in [0, 0.1) is 0 Å². The monoisotopic (exact) mass is 131 g/mol. The van der Waals surface area contributed by atoms with Gasteiger partial charge in [0.25, 0.3) is 0 Å². The van der Waals surface area contributed by atoms with Gasteiger partial charge in [0, 0.05) is 6.04 Å². The lowest BCUT2D eigenvalue weighted by atomic mass is 10.0. The fourth-order valence-electron chi connectivity index (χ4n) is 1.12. The summed E-state index contributed by atoms with van der Waals surface area (Å²) in [6.45, 7) is 0.962. The molecule has 0 radical (unpaired) electrons. The zero-order chi connectivity index (χ0) is 6.69. The van der Waals surface area contributed by atoms with Crippen LogP contribution in [0.4, 0.5) is 0 Å². The third-order valence-electron chi connectivity index (χ3n) is 1.69. The molecule has 1 heterocycles. The Balaban J connectivity index is 2.23. The van der Waals surface area contributed by atoms with E-state index in [1.807, 2.05) is 0 Å². The quantitative estimate of drug-likeness (QED) is 0.432. The van der Waals surface area contributed by atoms with E-state index in [-0.39, 0.29) is 18.8 Å². The number of nitrogens with one attached hydrogen (secondary N) is 1. The van der Waals surface area contributed by atoms with Crippen LogP contribution in [-0.2, 0) is 0 Å². The van der Waals surface area contributed by atoms with Crippen molar-refractivity contribution in [2.24, 2.45) is 0 Å². The van der Waals surface area contributed by atoms with Crippen molar-refractivity contribution in [1.82, 2.24) is 5.32 Å². The molecule has 0 amide bonds. The summed E-state index contributed by atoms with van der Waals surface area (Å²) in [5.74, 6) is 0. The third-order valence-corrected chi connectivity index (χ3v) is 1.69. The van der Waals surface area contributed by atoms with Gasteiger partial charge in [-0.25, -0.2) is 0 Å². The smallest absolute Gasteiger partial charge is 0.0585 e. The molecule has 0 aromatic carbocycles. The summed E-state index contributed by atoms with van der Waals surface area (Å²) in [7, 11) is 0. The Kier molecular flexibility index (Phi) is 2.45. The minimum absolute atomic E-state index is 0.119. The average Bonchev–Trinajstić information content (AvgIpc) is 1.88. The fourth-order valence-corrected chi connectivity index (χ4v) is 1.12. The summed E-state index contributed by atoms with van der Waals surface area (Å²) in [6.07, 6.45) is 1.30. The molecule has 0 saturated carbocycles. The van der Waals surface area contributed by atoms with Crippen LogP contribution in [0.3, 0.4) is 0 Å². The number of aliphatic hydroxyl groups is 2. The van der Waals surface area contributed by atoms with Gasteiger partial charge in [0.1, 0.15) is 0 Å². The Morgan fingerprint density at radius 1 is 1.56 bits per heavy atom. The second kappa shape index (κ2) is 3.15. The predicted molar refractivity (Wildman–Crippen MR) is 34.1 cm³/mol. The Labute approximate surface area is 54.7 Å². The average molecular weight is 131 g/mol. The molecule has 2 atom stereocenters. The van der Waals surface area contributed by atoms with Crippen LogP contribution in [0.2, 0.25) is 0 Å². The molecule has 9 heavy (non-hydrogen) atoms. The first kappa shape index (κ1) is 6.99. The van der Waals surface area contributed by atoms with E-state index in [4.69, 9.17) is 10.2 Å². The fraction of sp³-hybridized carbons (Fsp3) is 1.00. The standard InChI is InChI=1S/C6H13NO2/c8-4-5-3-6(9)1-2-7-5/h5-9H,1-4H2/t5-,6+/m1/s1. The number of hydrogen-bond donors (Lipinski definition) is 3. The molecule has 3 nitrogen and oxygen atoms in total. The maximum Gasteiger partial charge on any atom is 0.0585 e. The van der Waals surface area contributed by atoms with Crippen molar-refractivity contribution in [3.63, 3.8) is 0 Å². The van der Waals surface area contributed by atoms with Gasteiger partial charge in [0.2, 0.25) is 0 Å². The largest absolute Gasteiger partial charge is 0.395 e. The van der Waals surface area contributed by atoms with Crippen molar-refractivity contribution in [3.8, 4) is 0 Å². The number of rotatable bonds is 1. The van der Waals surface area contributed by atoms with Crippen molar-refractivity contribution in [1.29, 1.82) is 0 Å². The van der Waals surface area contributed by atoms with Crippen LogP contribution in [0.15, 0.2) is 0 Å². The van der Waals surface area contributed by atoms with Gasteiger partial charge in [0.05, 0.1) is 12.7 Å². The van der Waals surface area contributed by atoms with E-state index in [2.05, 4.69) is 5.32 Å². The van der Waals surface area contributed by atoms with Crippen molar-refractivity contribution < 1.29 is 10.2 Å². The molecule has 54 valence electrons. The van der Waals surface area contributed by atoms with Gasteiger partial charge in [-0.3, -0.25) is 0 Å². The van der Waals surface area contributed by atoms with E-state index >= 15 is 0 Å². The minimum atomic E-state index is -0.205. The van der Waals surface area contributed by atoms with Gasteiger partial charge < -0.3 is 15.5 Å². The maximum absolute atomic E-state index is 9.06. The van der Waals surface area contributed by atoms with E-state index in [0.717, 1.165) is 13.0 Å². The van der Waals surface area contributed by atoms with Crippen molar-refractivity contribution >= 4 is 0 Å². The van der Waals surface area contributed by atoms with Crippen LogP contribution in [-0.4, -0.2) is 35.5 Å². The molecule has 0 spiro atoms. The van der Waals surface area contributed by atoms with E-state index in [0.29, 0.717) is 6.42 Å². The molecule has 0 aromatic rings. The summed E-state index contributed by atoms with van der Waals surface area (Å²) in [5.41, 5.74) is 0. The van der Waals surface area contributed by atoms with E-state index in [1.165, 1.54) is 0 Å². The third kappa shape index (κ3) is 1.93. The lowest BCUT2D eigenvalue weighted by Gasteiger charge is -2.25. The van der Waals surface area contributed by atoms with Crippen LogP contribution in [0.5, 0.6) is 0 Å². The van der Waals surface area contributed by atoms with Gasteiger partial charge in [-0.2, -0.15) is 0 Å². The second-order valence-corrected chi connectivity index (χ2v) is 2.51. The molecule has 0 aromatic heterocycles. The van der Waals surface area contributed by atoms with Gasteiger partial charge in [0.15, 0.2) is 0 Å². The van der Waals surface area contributed by atoms with Gasteiger partial charge >= 0.3 is 0 Å². The predicted octanol–water partition coefficient (Wildman–Crippen LogP) is -0.908. The number of hydrogen-bond acceptors (Lipinski definition) is 3. The highest BCUT2D eigenvalue weighted by molar-refractivity contribution is 4.76. The highest BCUT2D eigenvalue weighted by Crippen LogP contribution is 2.06. The Morgan fingerprint density at radius 3 is 2.78 bits per heavy atom. The molecule has 1 aliphatic heterocycles. The van der Waals surface area contributed by atoms with Crippen molar-refractivity contribution in [3.05, 3.63) is 0 Å². The van der Waals surface area contributed by atoms with E-state index in [1.54, 1.807) is 0 Å². The molecular formula is C6H13NO2. The molecule has 0 bridgehead atoms. The SMILES string of the molecule is OC[C@H]1C[C@@H](O)CCN1. The molecule has 1 saturated heterocycles. The zero-order valence-corrected chi connectivity index (χ0v) is 5.38. The zero-order valence-electron chi connectivity index (χ0n) is 5.38. The lowest BCUT2D eigenvalue weighted by Crippen LogP contribution is -2.42. The minimum Gasteiger partial charge on any atom is -0.395 e. The van der Waals surface area contributed by atoms with Crippen LogP contribution < -0.4 is 5.32 Å². The van der Waals surface area contributed by atoms with Gasteiger partial charge in [-0.15, -0.1) is 0 Å².